The van der Waals surface area contributed by atoms with E-state index in [0.29, 0.717) is 0 Å². The van der Waals surface area contributed by atoms with Gasteiger partial charge in [0.25, 0.3) is 0 Å². The third kappa shape index (κ3) is 9.08. The van der Waals surface area contributed by atoms with Crippen LogP contribution < -0.4 is 5.32 Å². The second-order valence-electron chi connectivity index (χ2n) is 3.10. The largest absolute Gasteiger partial charge is 0.396 e. The van der Waals surface area contributed by atoms with Gasteiger partial charge >= 0.3 is 0 Å². The molecule has 0 aliphatic heterocycles. The molecule has 3 nitrogen and oxygen atoms in total. The molecule has 13 heavy (non-hydrogen) atoms. The molecule has 0 rings (SSSR count). The SMILES string of the molecule is CC(CCC/C=C\CCO)NC=O. The number of carbonyl (C=O) groups excluding carboxylic acids is 1. The van der Waals surface area contributed by atoms with Gasteiger partial charge in [-0.2, -0.15) is 0 Å². The van der Waals surface area contributed by atoms with Gasteiger partial charge in [0.1, 0.15) is 0 Å². The van der Waals surface area contributed by atoms with Crippen LogP contribution in [0.15, 0.2) is 12.2 Å². The molecule has 3 heteroatoms. The number of amides is 1. The van der Waals surface area contributed by atoms with Gasteiger partial charge in [-0.3, -0.25) is 4.79 Å². The second-order valence-corrected chi connectivity index (χ2v) is 3.10. The molecule has 0 spiro atoms. The number of hydrogen-bond acceptors (Lipinski definition) is 2. The van der Waals surface area contributed by atoms with Gasteiger partial charge in [-0.1, -0.05) is 12.2 Å². The molecule has 0 bridgehead atoms. The third-order valence-electron chi connectivity index (χ3n) is 1.82. The zero-order valence-corrected chi connectivity index (χ0v) is 8.20. The summed E-state index contributed by atoms with van der Waals surface area (Å²) in [6, 6.07) is 0.267. The maximum atomic E-state index is 10.0. The summed E-state index contributed by atoms with van der Waals surface area (Å²) in [4.78, 5) is 10.0. The number of nitrogens with one attached hydrogen (secondary N) is 1. The predicted molar refractivity (Wildman–Crippen MR) is 53.4 cm³/mol. The fraction of sp³-hybridized carbons (Fsp3) is 0.700. The highest BCUT2D eigenvalue weighted by atomic mass is 16.2. The average Bonchev–Trinajstić information content (AvgIpc) is 2.11. The lowest BCUT2D eigenvalue weighted by Gasteiger charge is -2.07. The van der Waals surface area contributed by atoms with Crippen LogP contribution in [0.3, 0.4) is 0 Å². The van der Waals surface area contributed by atoms with Crippen molar-refractivity contribution in [1.29, 1.82) is 0 Å². The highest BCUT2D eigenvalue weighted by Crippen LogP contribution is 2.01. The van der Waals surface area contributed by atoms with Crippen LogP contribution >= 0.6 is 0 Å². The minimum Gasteiger partial charge on any atom is -0.396 e. The van der Waals surface area contributed by atoms with Gasteiger partial charge in [0.15, 0.2) is 0 Å². The van der Waals surface area contributed by atoms with Gasteiger partial charge < -0.3 is 10.4 Å². The Morgan fingerprint density at radius 3 is 2.69 bits per heavy atom. The van der Waals surface area contributed by atoms with Crippen molar-refractivity contribution in [1.82, 2.24) is 5.32 Å². The lowest BCUT2D eigenvalue weighted by Crippen LogP contribution is -2.23. The Bertz CT molecular complexity index is 146. The van der Waals surface area contributed by atoms with Crippen LogP contribution in [0.25, 0.3) is 0 Å². The second kappa shape index (κ2) is 9.26. The first-order valence-electron chi connectivity index (χ1n) is 4.76. The Kier molecular flexibility index (Phi) is 8.67. The van der Waals surface area contributed by atoms with E-state index in [2.05, 4.69) is 11.4 Å². The van der Waals surface area contributed by atoms with E-state index in [1.54, 1.807) is 0 Å². The Balaban J connectivity index is 3.19. The van der Waals surface area contributed by atoms with E-state index in [0.717, 1.165) is 32.1 Å². The first-order chi connectivity index (χ1) is 6.31. The normalized spacial score (nSPS) is 13.1. The number of hydrogen-bond donors (Lipinski definition) is 2. The molecule has 0 aromatic carbocycles. The van der Waals surface area contributed by atoms with Crippen molar-refractivity contribution < 1.29 is 9.90 Å². The monoisotopic (exact) mass is 185 g/mol. The summed E-state index contributed by atoms with van der Waals surface area (Å²) in [5, 5.41) is 11.2. The smallest absolute Gasteiger partial charge is 0.207 e. The Morgan fingerprint density at radius 1 is 1.38 bits per heavy atom. The van der Waals surface area contributed by atoms with E-state index in [-0.39, 0.29) is 12.6 Å². The van der Waals surface area contributed by atoms with Crippen molar-refractivity contribution in [3.05, 3.63) is 12.2 Å². The van der Waals surface area contributed by atoms with Crippen LogP contribution in [-0.4, -0.2) is 24.2 Å². The summed E-state index contributed by atoms with van der Waals surface area (Å²) < 4.78 is 0. The summed E-state index contributed by atoms with van der Waals surface area (Å²) in [5.74, 6) is 0. The first-order valence-corrected chi connectivity index (χ1v) is 4.76. The van der Waals surface area contributed by atoms with E-state index in [1.165, 1.54) is 0 Å². The lowest BCUT2D eigenvalue weighted by molar-refractivity contribution is -0.110. The van der Waals surface area contributed by atoms with Crippen molar-refractivity contribution in [2.45, 2.75) is 38.6 Å². The average molecular weight is 185 g/mol. The molecule has 0 saturated carbocycles. The molecule has 0 aromatic rings. The van der Waals surface area contributed by atoms with E-state index in [1.807, 2.05) is 13.0 Å². The zero-order chi connectivity index (χ0) is 9.94. The van der Waals surface area contributed by atoms with E-state index >= 15 is 0 Å². The van der Waals surface area contributed by atoms with Crippen LogP contribution in [-0.2, 0) is 4.79 Å². The molecule has 0 aliphatic carbocycles. The minimum absolute atomic E-state index is 0.222. The fourth-order valence-electron chi connectivity index (χ4n) is 1.05. The van der Waals surface area contributed by atoms with Gasteiger partial charge in [-0.05, 0) is 32.6 Å². The highest BCUT2D eigenvalue weighted by molar-refractivity contribution is 5.46. The van der Waals surface area contributed by atoms with Crippen LogP contribution in [0.1, 0.15) is 32.6 Å². The standard InChI is InChI=1S/C10H19NO2/c1-10(11-9-13)7-5-3-2-4-6-8-12/h2,4,9-10,12H,3,5-8H2,1H3,(H,11,13)/b4-2-. The topological polar surface area (TPSA) is 49.3 Å². The maximum Gasteiger partial charge on any atom is 0.207 e. The van der Waals surface area contributed by atoms with Crippen LogP contribution in [0, 0.1) is 0 Å². The molecule has 0 aromatic heterocycles. The molecule has 2 N–H and O–H groups in total. The molecule has 1 unspecified atom stereocenters. The van der Waals surface area contributed by atoms with Gasteiger partial charge in [0, 0.05) is 12.6 Å². The van der Waals surface area contributed by atoms with Gasteiger partial charge in [0.05, 0.1) is 0 Å². The Hall–Kier alpha value is -0.830. The lowest BCUT2D eigenvalue weighted by atomic mass is 10.1. The van der Waals surface area contributed by atoms with Crippen LogP contribution in [0.5, 0.6) is 0 Å². The summed E-state index contributed by atoms with van der Waals surface area (Å²) >= 11 is 0. The van der Waals surface area contributed by atoms with E-state index < -0.39 is 0 Å². The zero-order valence-electron chi connectivity index (χ0n) is 8.20. The molecule has 0 aliphatic rings. The summed E-state index contributed by atoms with van der Waals surface area (Å²) in [5.41, 5.74) is 0. The summed E-state index contributed by atoms with van der Waals surface area (Å²) in [6.07, 6.45) is 8.63. The van der Waals surface area contributed by atoms with E-state index in [4.69, 9.17) is 5.11 Å². The minimum atomic E-state index is 0.222. The van der Waals surface area contributed by atoms with Gasteiger partial charge in [-0.25, -0.2) is 0 Å². The highest BCUT2D eigenvalue weighted by Gasteiger charge is 1.96. The molecule has 76 valence electrons. The number of aliphatic hydroxyl groups is 1. The molecule has 0 fully saturated rings. The van der Waals surface area contributed by atoms with Crippen molar-refractivity contribution >= 4 is 6.41 Å². The molecule has 1 atom stereocenters. The molecular formula is C10H19NO2. The summed E-state index contributed by atoms with van der Waals surface area (Å²) in [7, 11) is 0. The molecule has 1 amide bonds. The molecule has 0 heterocycles. The quantitative estimate of drug-likeness (QED) is 0.339. The fourth-order valence-corrected chi connectivity index (χ4v) is 1.05. The number of carbonyl (C=O) groups is 1. The Labute approximate surface area is 79.8 Å². The first kappa shape index (κ1) is 12.2. The van der Waals surface area contributed by atoms with Crippen molar-refractivity contribution in [3.63, 3.8) is 0 Å². The molecule has 0 radical (unpaired) electrons. The van der Waals surface area contributed by atoms with Crippen molar-refractivity contribution in [2.75, 3.05) is 6.61 Å². The van der Waals surface area contributed by atoms with E-state index in [9.17, 15) is 4.79 Å². The predicted octanol–water partition coefficient (Wildman–Crippen LogP) is 1.23. The summed E-state index contributed by atoms with van der Waals surface area (Å²) in [6.45, 7) is 2.21. The molecular weight excluding hydrogens is 166 g/mol. The molecule has 0 saturated heterocycles. The number of unbranched alkanes of at least 4 members (excludes halogenated alkanes) is 1. The van der Waals surface area contributed by atoms with Crippen molar-refractivity contribution in [2.24, 2.45) is 0 Å². The number of rotatable bonds is 8. The third-order valence-corrected chi connectivity index (χ3v) is 1.82. The van der Waals surface area contributed by atoms with Crippen LogP contribution in [0.4, 0.5) is 0 Å². The Morgan fingerprint density at radius 2 is 2.08 bits per heavy atom. The van der Waals surface area contributed by atoms with Crippen molar-refractivity contribution in [3.8, 4) is 0 Å². The number of allylic oxidation sites excluding steroid dienone is 1. The van der Waals surface area contributed by atoms with Gasteiger partial charge in [0.2, 0.25) is 6.41 Å². The van der Waals surface area contributed by atoms with Crippen LogP contribution in [0.2, 0.25) is 0 Å². The van der Waals surface area contributed by atoms with Gasteiger partial charge in [-0.15, -0.1) is 0 Å². The maximum absolute atomic E-state index is 10.0. The number of aliphatic hydroxyl groups excluding tert-OH is 1.